The van der Waals surface area contributed by atoms with Crippen LogP contribution in [0.25, 0.3) is 0 Å². The van der Waals surface area contributed by atoms with Gasteiger partial charge in [-0.1, -0.05) is 27.7 Å². The fraction of sp³-hybridized carbons (Fsp3) is 0.600. The molecular formula is C10H16N2S2. The lowest BCUT2D eigenvalue weighted by molar-refractivity contribution is 0.949. The minimum absolute atomic E-state index is 0.571. The van der Waals surface area contributed by atoms with E-state index in [1.807, 2.05) is 0 Å². The summed E-state index contributed by atoms with van der Waals surface area (Å²) in [4.78, 5) is 8.45. The van der Waals surface area contributed by atoms with Crippen molar-refractivity contribution in [3.63, 3.8) is 0 Å². The molecule has 4 heteroatoms. The molecule has 78 valence electrons. The first-order chi connectivity index (χ1) is 6.58. The molecule has 0 aliphatic heterocycles. The molecule has 0 N–H and O–H groups in total. The summed E-state index contributed by atoms with van der Waals surface area (Å²) in [5, 5.41) is 3.28. The van der Waals surface area contributed by atoms with Gasteiger partial charge in [-0.05, 0) is 0 Å². The van der Waals surface area contributed by atoms with Gasteiger partial charge in [-0.3, -0.25) is 0 Å². The molecule has 2 nitrogen and oxygen atoms in total. The maximum absolute atomic E-state index is 4.23. The molecule has 0 unspecified atom stereocenters. The Balaban J connectivity index is 2.68. The molecule has 14 heavy (non-hydrogen) atoms. The van der Waals surface area contributed by atoms with E-state index in [1.54, 1.807) is 29.9 Å². The summed E-state index contributed by atoms with van der Waals surface area (Å²) in [6.07, 6.45) is 1.65. The number of hydrogen-bond acceptors (Lipinski definition) is 4. The van der Waals surface area contributed by atoms with Crippen molar-refractivity contribution in [1.29, 1.82) is 0 Å². The summed E-state index contributed by atoms with van der Waals surface area (Å²) in [6.45, 7) is 8.67. The molecule has 0 saturated heterocycles. The molecule has 0 aliphatic carbocycles. The van der Waals surface area contributed by atoms with Crippen molar-refractivity contribution in [3.05, 3.63) is 12.4 Å². The first kappa shape index (κ1) is 11.9. The molecule has 0 atom stereocenters. The Hall–Kier alpha value is -0.220. The Morgan fingerprint density at radius 3 is 1.71 bits per heavy atom. The zero-order valence-electron chi connectivity index (χ0n) is 9.02. The number of hydrogen-bond donors (Lipinski definition) is 0. The van der Waals surface area contributed by atoms with E-state index < -0.39 is 0 Å². The van der Waals surface area contributed by atoms with Crippen molar-refractivity contribution in [3.8, 4) is 0 Å². The van der Waals surface area contributed by atoms with Crippen LogP contribution in [0.2, 0.25) is 0 Å². The zero-order chi connectivity index (χ0) is 10.6. The maximum atomic E-state index is 4.23. The topological polar surface area (TPSA) is 25.8 Å². The molecular weight excluding hydrogens is 212 g/mol. The van der Waals surface area contributed by atoms with Gasteiger partial charge in [-0.15, -0.1) is 23.5 Å². The van der Waals surface area contributed by atoms with E-state index in [0.29, 0.717) is 10.5 Å². The van der Waals surface area contributed by atoms with Crippen LogP contribution in [0.15, 0.2) is 22.4 Å². The Bertz CT molecular complexity index is 262. The number of nitrogens with zero attached hydrogens (tertiary/aromatic N) is 2. The molecule has 1 aromatic rings. The summed E-state index contributed by atoms with van der Waals surface area (Å²) in [5.41, 5.74) is 0. The van der Waals surface area contributed by atoms with Crippen LogP contribution in [0.5, 0.6) is 0 Å². The van der Waals surface area contributed by atoms with Gasteiger partial charge in [0.05, 0.1) is 0 Å². The predicted octanol–water partition coefficient (Wildman–Crippen LogP) is 3.48. The zero-order valence-corrected chi connectivity index (χ0v) is 10.7. The van der Waals surface area contributed by atoms with E-state index in [-0.39, 0.29) is 0 Å². The summed E-state index contributed by atoms with van der Waals surface area (Å²) in [5.74, 6) is 0. The van der Waals surface area contributed by atoms with Crippen molar-refractivity contribution in [2.45, 2.75) is 48.2 Å². The van der Waals surface area contributed by atoms with Crippen LogP contribution < -0.4 is 0 Å². The Kier molecular flexibility index (Phi) is 4.75. The van der Waals surface area contributed by atoms with Gasteiger partial charge in [0.25, 0.3) is 0 Å². The van der Waals surface area contributed by atoms with Crippen LogP contribution in [0, 0.1) is 0 Å². The highest BCUT2D eigenvalue weighted by Gasteiger charge is 2.04. The summed E-state index contributed by atoms with van der Waals surface area (Å²) in [7, 11) is 0. The highest BCUT2D eigenvalue weighted by atomic mass is 32.2. The number of thioether (sulfide) groups is 2. The fourth-order valence-electron chi connectivity index (χ4n) is 0.935. The van der Waals surface area contributed by atoms with Gasteiger partial charge in [0.15, 0.2) is 0 Å². The highest BCUT2D eigenvalue weighted by molar-refractivity contribution is 8.00. The van der Waals surface area contributed by atoms with Gasteiger partial charge in [-0.2, -0.15) is 0 Å². The lowest BCUT2D eigenvalue weighted by Crippen LogP contribution is -1.93. The molecule has 0 fully saturated rings. The third-order valence-corrected chi connectivity index (χ3v) is 3.20. The Morgan fingerprint density at radius 2 is 1.36 bits per heavy atom. The fourth-order valence-corrected chi connectivity index (χ4v) is 2.55. The minimum atomic E-state index is 0.571. The molecule has 0 spiro atoms. The van der Waals surface area contributed by atoms with Gasteiger partial charge in [-0.25, -0.2) is 9.97 Å². The van der Waals surface area contributed by atoms with Crippen LogP contribution in [0.3, 0.4) is 0 Å². The van der Waals surface area contributed by atoms with E-state index in [2.05, 4.69) is 43.7 Å². The SMILES string of the molecule is CC(C)Sc1cc(SC(C)C)ncn1. The minimum Gasteiger partial charge on any atom is -0.230 e. The monoisotopic (exact) mass is 228 g/mol. The van der Waals surface area contributed by atoms with Gasteiger partial charge >= 0.3 is 0 Å². The van der Waals surface area contributed by atoms with E-state index >= 15 is 0 Å². The largest absolute Gasteiger partial charge is 0.230 e. The smallest absolute Gasteiger partial charge is 0.117 e. The lowest BCUT2D eigenvalue weighted by atomic mass is 10.6. The first-order valence-corrected chi connectivity index (χ1v) is 6.49. The number of aromatic nitrogens is 2. The standard InChI is InChI=1S/C10H16N2S2/c1-7(2)13-9-5-10(12-6-11-9)14-8(3)4/h5-8H,1-4H3. The van der Waals surface area contributed by atoms with Gasteiger partial charge in [0, 0.05) is 16.6 Å². The highest BCUT2D eigenvalue weighted by Crippen LogP contribution is 2.25. The molecule has 0 radical (unpaired) electrons. The van der Waals surface area contributed by atoms with E-state index in [9.17, 15) is 0 Å². The summed E-state index contributed by atoms with van der Waals surface area (Å²) < 4.78 is 0. The molecule has 0 aromatic carbocycles. The van der Waals surface area contributed by atoms with E-state index in [0.717, 1.165) is 10.1 Å². The molecule has 0 saturated carbocycles. The van der Waals surface area contributed by atoms with Crippen LogP contribution in [0.1, 0.15) is 27.7 Å². The molecule has 0 bridgehead atoms. The van der Waals surface area contributed by atoms with Crippen LogP contribution >= 0.6 is 23.5 Å². The Morgan fingerprint density at radius 1 is 0.929 bits per heavy atom. The van der Waals surface area contributed by atoms with Crippen molar-refractivity contribution < 1.29 is 0 Å². The van der Waals surface area contributed by atoms with Gasteiger partial charge in [0.1, 0.15) is 16.4 Å². The van der Waals surface area contributed by atoms with E-state index in [1.165, 1.54) is 0 Å². The number of rotatable bonds is 4. The second kappa shape index (κ2) is 5.61. The van der Waals surface area contributed by atoms with Crippen molar-refractivity contribution in [1.82, 2.24) is 9.97 Å². The van der Waals surface area contributed by atoms with Crippen LogP contribution in [0.4, 0.5) is 0 Å². The van der Waals surface area contributed by atoms with Crippen molar-refractivity contribution in [2.75, 3.05) is 0 Å². The van der Waals surface area contributed by atoms with Gasteiger partial charge in [0.2, 0.25) is 0 Å². The summed E-state index contributed by atoms with van der Waals surface area (Å²) in [6, 6.07) is 2.06. The summed E-state index contributed by atoms with van der Waals surface area (Å²) >= 11 is 3.55. The first-order valence-electron chi connectivity index (χ1n) is 4.73. The average molecular weight is 228 g/mol. The van der Waals surface area contributed by atoms with E-state index in [4.69, 9.17) is 0 Å². The van der Waals surface area contributed by atoms with Crippen molar-refractivity contribution >= 4 is 23.5 Å². The average Bonchev–Trinajstić information content (AvgIpc) is 2.01. The molecule has 1 rings (SSSR count). The normalized spacial score (nSPS) is 11.3. The third-order valence-electron chi connectivity index (χ3n) is 1.33. The quantitative estimate of drug-likeness (QED) is 0.582. The molecule has 0 amide bonds. The second-order valence-corrected chi connectivity index (χ2v) is 6.72. The maximum Gasteiger partial charge on any atom is 0.117 e. The van der Waals surface area contributed by atoms with Crippen LogP contribution in [-0.4, -0.2) is 20.5 Å². The Labute approximate surface area is 94.3 Å². The molecule has 1 heterocycles. The van der Waals surface area contributed by atoms with Crippen molar-refractivity contribution in [2.24, 2.45) is 0 Å². The molecule has 1 aromatic heterocycles. The molecule has 0 aliphatic rings. The second-order valence-electron chi connectivity index (χ2n) is 3.53. The predicted molar refractivity (Wildman–Crippen MR) is 64.0 cm³/mol. The van der Waals surface area contributed by atoms with Crippen LogP contribution in [-0.2, 0) is 0 Å². The third kappa shape index (κ3) is 4.33. The van der Waals surface area contributed by atoms with Gasteiger partial charge < -0.3 is 0 Å². The lowest BCUT2D eigenvalue weighted by Gasteiger charge is -2.06.